The average molecular weight is 152 g/mol. The van der Waals surface area contributed by atoms with Crippen molar-refractivity contribution >= 4 is 0 Å². The first-order valence-electron chi connectivity index (χ1n) is 5.04. The van der Waals surface area contributed by atoms with Gasteiger partial charge in [0, 0.05) is 0 Å². The molecule has 11 heavy (non-hydrogen) atoms. The minimum absolute atomic E-state index is 1.01. The van der Waals surface area contributed by atoms with Gasteiger partial charge in [-0.15, -0.1) is 0 Å². The van der Waals surface area contributed by atoms with Crippen LogP contribution in [0.2, 0.25) is 0 Å². The Labute approximate surface area is 70.7 Å². The molecule has 0 saturated heterocycles. The van der Waals surface area contributed by atoms with Crippen molar-refractivity contribution in [2.75, 3.05) is 0 Å². The fourth-order valence-electron chi connectivity index (χ4n) is 1.93. The summed E-state index contributed by atoms with van der Waals surface area (Å²) >= 11 is 0. The van der Waals surface area contributed by atoms with Gasteiger partial charge in [0.1, 0.15) is 0 Å². The molecule has 0 spiro atoms. The second kappa shape index (κ2) is 4.58. The van der Waals surface area contributed by atoms with E-state index in [4.69, 9.17) is 0 Å². The molecule has 1 aliphatic carbocycles. The van der Waals surface area contributed by atoms with E-state index >= 15 is 0 Å². The van der Waals surface area contributed by atoms with E-state index in [2.05, 4.69) is 19.9 Å². The van der Waals surface area contributed by atoms with Crippen LogP contribution in [0.15, 0.2) is 11.6 Å². The van der Waals surface area contributed by atoms with Gasteiger partial charge in [0.05, 0.1) is 0 Å². The normalized spacial score (nSPS) is 24.9. The molecule has 0 aliphatic heterocycles. The zero-order valence-electron chi connectivity index (χ0n) is 7.90. The molecule has 0 bridgehead atoms. The minimum atomic E-state index is 1.01. The van der Waals surface area contributed by atoms with Gasteiger partial charge >= 0.3 is 0 Å². The van der Waals surface area contributed by atoms with Gasteiger partial charge < -0.3 is 0 Å². The molecular weight excluding hydrogens is 132 g/mol. The molecule has 0 nitrogen and oxygen atoms in total. The Morgan fingerprint density at radius 3 is 2.73 bits per heavy atom. The van der Waals surface area contributed by atoms with Crippen molar-refractivity contribution in [2.24, 2.45) is 5.92 Å². The van der Waals surface area contributed by atoms with E-state index in [9.17, 15) is 0 Å². The standard InChI is InChI=1S/C11H20/c1-3-5-11-8-6-10(4-2)7-9-11/h6,11H,3-5,7-9H2,1-2H3. The van der Waals surface area contributed by atoms with Gasteiger partial charge in [-0.1, -0.05) is 38.3 Å². The highest BCUT2D eigenvalue weighted by atomic mass is 14.2. The highest BCUT2D eigenvalue weighted by Gasteiger charge is 2.11. The van der Waals surface area contributed by atoms with Gasteiger partial charge in [-0.2, -0.15) is 0 Å². The molecule has 1 aliphatic rings. The predicted octanol–water partition coefficient (Wildman–Crippen LogP) is 3.92. The summed E-state index contributed by atoms with van der Waals surface area (Å²) in [5.74, 6) is 1.01. The van der Waals surface area contributed by atoms with Crippen LogP contribution in [0, 0.1) is 5.92 Å². The second-order valence-corrected chi connectivity index (χ2v) is 3.65. The molecule has 0 heteroatoms. The van der Waals surface area contributed by atoms with Crippen LogP contribution >= 0.6 is 0 Å². The third-order valence-corrected chi connectivity index (χ3v) is 2.76. The summed E-state index contributed by atoms with van der Waals surface area (Å²) in [6.07, 6.45) is 10.7. The Kier molecular flexibility index (Phi) is 3.68. The second-order valence-electron chi connectivity index (χ2n) is 3.65. The van der Waals surface area contributed by atoms with Crippen molar-refractivity contribution < 1.29 is 0 Å². The van der Waals surface area contributed by atoms with E-state index in [1.165, 1.54) is 38.5 Å². The van der Waals surface area contributed by atoms with Crippen molar-refractivity contribution in [3.05, 3.63) is 11.6 Å². The first-order chi connectivity index (χ1) is 5.36. The van der Waals surface area contributed by atoms with E-state index in [1.807, 2.05) is 0 Å². The SMILES string of the molecule is CCCC1CC=C(CC)CC1. The van der Waals surface area contributed by atoms with Crippen LogP contribution in [0.25, 0.3) is 0 Å². The molecule has 0 amide bonds. The van der Waals surface area contributed by atoms with Gasteiger partial charge in [0.25, 0.3) is 0 Å². The molecule has 0 aromatic rings. The molecule has 1 atom stereocenters. The third kappa shape index (κ3) is 2.69. The Hall–Kier alpha value is -0.260. The molecule has 0 aromatic heterocycles. The molecular formula is C11H20. The van der Waals surface area contributed by atoms with Crippen LogP contribution in [0.3, 0.4) is 0 Å². The molecule has 1 unspecified atom stereocenters. The largest absolute Gasteiger partial charge is 0.0851 e. The third-order valence-electron chi connectivity index (χ3n) is 2.76. The number of allylic oxidation sites excluding steroid dienone is 2. The summed E-state index contributed by atoms with van der Waals surface area (Å²) in [5, 5.41) is 0. The highest BCUT2D eigenvalue weighted by molar-refractivity contribution is 5.05. The zero-order chi connectivity index (χ0) is 8.10. The Balaban J connectivity index is 2.29. The summed E-state index contributed by atoms with van der Waals surface area (Å²) in [4.78, 5) is 0. The van der Waals surface area contributed by atoms with Gasteiger partial charge in [-0.05, 0) is 31.6 Å². The van der Waals surface area contributed by atoms with E-state index in [0.29, 0.717) is 0 Å². The Morgan fingerprint density at radius 1 is 1.45 bits per heavy atom. The predicted molar refractivity (Wildman–Crippen MR) is 50.6 cm³/mol. The van der Waals surface area contributed by atoms with Crippen LogP contribution in [-0.4, -0.2) is 0 Å². The number of hydrogen-bond acceptors (Lipinski definition) is 0. The Morgan fingerprint density at radius 2 is 2.27 bits per heavy atom. The Bertz CT molecular complexity index is 133. The van der Waals surface area contributed by atoms with E-state index in [-0.39, 0.29) is 0 Å². The maximum Gasteiger partial charge on any atom is -0.0318 e. The molecule has 0 heterocycles. The van der Waals surface area contributed by atoms with Crippen molar-refractivity contribution in [2.45, 2.75) is 52.4 Å². The first kappa shape index (κ1) is 8.83. The van der Waals surface area contributed by atoms with E-state index in [1.54, 1.807) is 5.57 Å². The quantitative estimate of drug-likeness (QED) is 0.538. The number of hydrogen-bond donors (Lipinski definition) is 0. The van der Waals surface area contributed by atoms with Gasteiger partial charge in [-0.3, -0.25) is 0 Å². The number of rotatable bonds is 3. The lowest BCUT2D eigenvalue weighted by molar-refractivity contribution is 0.429. The molecule has 0 radical (unpaired) electrons. The molecule has 0 N–H and O–H groups in total. The topological polar surface area (TPSA) is 0 Å². The lowest BCUT2D eigenvalue weighted by Gasteiger charge is -2.20. The average Bonchev–Trinajstić information content (AvgIpc) is 2.07. The monoisotopic (exact) mass is 152 g/mol. The maximum atomic E-state index is 2.48. The van der Waals surface area contributed by atoms with Crippen LogP contribution in [-0.2, 0) is 0 Å². The summed E-state index contributed by atoms with van der Waals surface area (Å²) in [6.45, 7) is 4.56. The van der Waals surface area contributed by atoms with Crippen molar-refractivity contribution in [3.63, 3.8) is 0 Å². The van der Waals surface area contributed by atoms with E-state index in [0.717, 1.165) is 5.92 Å². The maximum absolute atomic E-state index is 2.48. The fourth-order valence-corrected chi connectivity index (χ4v) is 1.93. The van der Waals surface area contributed by atoms with Gasteiger partial charge in [0.15, 0.2) is 0 Å². The van der Waals surface area contributed by atoms with Gasteiger partial charge in [0.2, 0.25) is 0 Å². The molecule has 0 aromatic carbocycles. The zero-order valence-corrected chi connectivity index (χ0v) is 7.90. The lowest BCUT2D eigenvalue weighted by Crippen LogP contribution is -2.04. The van der Waals surface area contributed by atoms with Gasteiger partial charge in [-0.25, -0.2) is 0 Å². The summed E-state index contributed by atoms with van der Waals surface area (Å²) in [7, 11) is 0. The minimum Gasteiger partial charge on any atom is -0.0851 e. The molecule has 0 fully saturated rings. The summed E-state index contributed by atoms with van der Waals surface area (Å²) in [6, 6.07) is 0. The van der Waals surface area contributed by atoms with E-state index < -0.39 is 0 Å². The molecule has 64 valence electrons. The summed E-state index contributed by atoms with van der Waals surface area (Å²) in [5.41, 5.74) is 1.69. The fraction of sp³-hybridized carbons (Fsp3) is 0.818. The van der Waals surface area contributed by atoms with Crippen molar-refractivity contribution in [1.82, 2.24) is 0 Å². The summed E-state index contributed by atoms with van der Waals surface area (Å²) < 4.78 is 0. The smallest absolute Gasteiger partial charge is 0.0318 e. The van der Waals surface area contributed by atoms with Crippen molar-refractivity contribution in [1.29, 1.82) is 0 Å². The molecule has 0 saturated carbocycles. The van der Waals surface area contributed by atoms with Crippen LogP contribution in [0.4, 0.5) is 0 Å². The molecule has 1 rings (SSSR count). The highest BCUT2D eigenvalue weighted by Crippen LogP contribution is 2.27. The first-order valence-corrected chi connectivity index (χ1v) is 5.04. The lowest BCUT2D eigenvalue weighted by atomic mass is 9.86. The van der Waals surface area contributed by atoms with Crippen LogP contribution < -0.4 is 0 Å². The van der Waals surface area contributed by atoms with Crippen molar-refractivity contribution in [3.8, 4) is 0 Å². The van der Waals surface area contributed by atoms with Crippen LogP contribution in [0.1, 0.15) is 52.4 Å². The van der Waals surface area contributed by atoms with Crippen LogP contribution in [0.5, 0.6) is 0 Å².